The van der Waals surface area contributed by atoms with E-state index in [4.69, 9.17) is 23.7 Å². The number of thiophene rings is 1. The first-order chi connectivity index (χ1) is 19.8. The average molecular weight is 583 g/mol. The lowest BCUT2D eigenvalue weighted by atomic mass is 10.0. The molecule has 1 aromatic heterocycles. The van der Waals surface area contributed by atoms with Crippen LogP contribution < -0.4 is 19.5 Å². The number of carbonyl (C=O) groups is 3. The molecule has 0 fully saturated rings. The number of carbonyl (C=O) groups excluding carboxylic acids is 3. The molecule has 0 saturated heterocycles. The van der Waals surface area contributed by atoms with Gasteiger partial charge in [0.1, 0.15) is 5.00 Å². The fraction of sp³-hybridized carbons (Fsp3) is 0.367. The van der Waals surface area contributed by atoms with Gasteiger partial charge in [0.05, 0.1) is 39.1 Å². The van der Waals surface area contributed by atoms with Crippen LogP contribution in [0.3, 0.4) is 0 Å². The van der Waals surface area contributed by atoms with Crippen LogP contribution in [0.4, 0.5) is 5.00 Å². The molecular formula is C30H34N2O8S. The highest BCUT2D eigenvalue weighted by molar-refractivity contribution is 7.17. The van der Waals surface area contributed by atoms with Crippen molar-refractivity contribution in [1.82, 2.24) is 4.90 Å². The van der Waals surface area contributed by atoms with Gasteiger partial charge in [-0.2, -0.15) is 0 Å². The largest absolute Gasteiger partial charge is 0.493 e. The van der Waals surface area contributed by atoms with E-state index in [0.29, 0.717) is 29.3 Å². The van der Waals surface area contributed by atoms with E-state index < -0.39 is 23.9 Å². The molecule has 2 aromatic carbocycles. The molecule has 0 aliphatic carbocycles. The number of anilines is 1. The minimum atomic E-state index is -1.16. The Morgan fingerprint density at radius 2 is 1.68 bits per heavy atom. The van der Waals surface area contributed by atoms with Gasteiger partial charge in [-0.1, -0.05) is 30.3 Å². The van der Waals surface area contributed by atoms with Crippen LogP contribution in [0.5, 0.6) is 17.2 Å². The summed E-state index contributed by atoms with van der Waals surface area (Å²) in [6.45, 7) is 5.60. The van der Waals surface area contributed by atoms with Crippen LogP contribution in [-0.4, -0.2) is 63.3 Å². The maximum atomic E-state index is 13.2. The number of ether oxygens (including phenoxy) is 5. The van der Waals surface area contributed by atoms with Crippen LogP contribution in [0.2, 0.25) is 0 Å². The third-order valence-corrected chi connectivity index (χ3v) is 7.79. The van der Waals surface area contributed by atoms with Crippen molar-refractivity contribution in [1.29, 1.82) is 0 Å². The monoisotopic (exact) mass is 582 g/mol. The molecule has 0 bridgehead atoms. The number of hydrogen-bond donors (Lipinski definition) is 1. The van der Waals surface area contributed by atoms with Gasteiger partial charge in [-0.05, 0) is 43.5 Å². The molecule has 1 aliphatic heterocycles. The second-order valence-corrected chi connectivity index (χ2v) is 10.4. The summed E-state index contributed by atoms with van der Waals surface area (Å²) in [6.07, 6.45) is -0.515. The number of fused-ring (bicyclic) bond motifs is 1. The first-order valence-electron chi connectivity index (χ1n) is 13.2. The molecule has 11 heteroatoms. The fourth-order valence-corrected chi connectivity index (χ4v) is 5.92. The molecule has 0 saturated carbocycles. The topological polar surface area (TPSA) is 113 Å². The summed E-state index contributed by atoms with van der Waals surface area (Å²) in [7, 11) is 4.33. The van der Waals surface area contributed by atoms with Crippen molar-refractivity contribution in [2.24, 2.45) is 0 Å². The zero-order chi connectivity index (χ0) is 29.5. The highest BCUT2D eigenvalue weighted by Crippen LogP contribution is 2.39. The van der Waals surface area contributed by atoms with Gasteiger partial charge in [0, 0.05) is 24.5 Å². The Kier molecular flexibility index (Phi) is 9.85. The van der Waals surface area contributed by atoms with Gasteiger partial charge in [0.25, 0.3) is 5.91 Å². The Balaban J connectivity index is 1.51. The van der Waals surface area contributed by atoms with E-state index >= 15 is 0 Å². The molecule has 41 heavy (non-hydrogen) atoms. The van der Waals surface area contributed by atoms with Gasteiger partial charge in [-0.3, -0.25) is 9.69 Å². The molecular weight excluding hydrogens is 548 g/mol. The average Bonchev–Trinajstić information content (AvgIpc) is 3.33. The molecule has 1 N–H and O–H groups in total. The molecule has 4 rings (SSSR count). The fourth-order valence-electron chi connectivity index (χ4n) is 4.63. The van der Waals surface area contributed by atoms with Gasteiger partial charge in [-0.15, -0.1) is 11.3 Å². The predicted octanol–water partition coefficient (Wildman–Crippen LogP) is 4.69. The standard InChI is InChI=1S/C30H34N2O8S/c1-6-39-30(35)25-21-12-13-32(16-19-10-8-7-9-11-19)17-24(21)41-28(25)31-27(33)18(2)40-29(34)20-14-22(36-3)26(38-5)23(15-20)37-4/h7-11,14-15,18H,6,12-13,16-17H2,1-5H3,(H,31,33)/t18-/m0/s1. The van der Waals surface area contributed by atoms with Crippen molar-refractivity contribution < 1.29 is 38.1 Å². The molecule has 3 aromatic rings. The van der Waals surface area contributed by atoms with Crippen molar-refractivity contribution >= 4 is 34.2 Å². The van der Waals surface area contributed by atoms with Crippen molar-refractivity contribution in [2.45, 2.75) is 39.5 Å². The molecule has 1 amide bonds. The third-order valence-electron chi connectivity index (χ3n) is 6.65. The van der Waals surface area contributed by atoms with E-state index in [9.17, 15) is 14.4 Å². The van der Waals surface area contributed by atoms with Crippen LogP contribution in [0.15, 0.2) is 42.5 Å². The van der Waals surface area contributed by atoms with Crippen LogP contribution in [-0.2, 0) is 33.8 Å². The third kappa shape index (κ3) is 6.80. The quantitative estimate of drug-likeness (QED) is 0.322. The summed E-state index contributed by atoms with van der Waals surface area (Å²) in [4.78, 5) is 42.3. The smallest absolute Gasteiger partial charge is 0.341 e. The van der Waals surface area contributed by atoms with Crippen LogP contribution >= 0.6 is 11.3 Å². The number of nitrogens with zero attached hydrogens (tertiary/aromatic N) is 1. The van der Waals surface area contributed by atoms with Crippen molar-refractivity contribution in [2.75, 3.05) is 39.8 Å². The van der Waals surface area contributed by atoms with E-state index in [-0.39, 0.29) is 23.7 Å². The lowest BCUT2D eigenvalue weighted by molar-refractivity contribution is -0.123. The Bertz CT molecular complexity index is 1380. The number of rotatable bonds is 11. The highest BCUT2D eigenvalue weighted by Gasteiger charge is 2.31. The van der Waals surface area contributed by atoms with E-state index in [0.717, 1.165) is 23.5 Å². The van der Waals surface area contributed by atoms with Gasteiger partial charge in [0.15, 0.2) is 17.6 Å². The molecule has 0 radical (unpaired) electrons. The van der Waals surface area contributed by atoms with Crippen molar-refractivity contribution in [3.63, 3.8) is 0 Å². The molecule has 0 spiro atoms. The first-order valence-corrected chi connectivity index (χ1v) is 14.0. The minimum Gasteiger partial charge on any atom is -0.493 e. The number of nitrogens with one attached hydrogen (secondary N) is 1. The van der Waals surface area contributed by atoms with Gasteiger partial charge >= 0.3 is 11.9 Å². The van der Waals surface area contributed by atoms with Gasteiger partial charge < -0.3 is 29.0 Å². The summed E-state index contributed by atoms with van der Waals surface area (Å²) in [6, 6.07) is 13.1. The highest BCUT2D eigenvalue weighted by atomic mass is 32.1. The summed E-state index contributed by atoms with van der Waals surface area (Å²) < 4.78 is 26.7. The zero-order valence-corrected chi connectivity index (χ0v) is 24.6. The minimum absolute atomic E-state index is 0.122. The van der Waals surface area contributed by atoms with Crippen LogP contribution in [0.1, 0.15) is 50.6 Å². The molecule has 1 aliphatic rings. The van der Waals surface area contributed by atoms with Crippen LogP contribution in [0.25, 0.3) is 0 Å². The number of hydrogen-bond acceptors (Lipinski definition) is 10. The number of benzene rings is 2. The Morgan fingerprint density at radius 3 is 2.29 bits per heavy atom. The van der Waals surface area contributed by atoms with Crippen molar-refractivity contribution in [3.05, 3.63) is 69.6 Å². The summed E-state index contributed by atoms with van der Waals surface area (Å²) in [5, 5.41) is 3.19. The van der Waals surface area contributed by atoms with E-state index in [1.165, 1.54) is 57.3 Å². The normalized spacial score (nSPS) is 13.5. The first kappa shape index (κ1) is 29.9. The molecule has 218 valence electrons. The lowest BCUT2D eigenvalue weighted by Crippen LogP contribution is -2.31. The maximum absolute atomic E-state index is 13.2. The molecule has 1 atom stereocenters. The van der Waals surface area contributed by atoms with Gasteiger partial charge in [-0.25, -0.2) is 9.59 Å². The zero-order valence-electron chi connectivity index (χ0n) is 23.8. The second-order valence-electron chi connectivity index (χ2n) is 9.33. The Morgan fingerprint density at radius 1 is 1.00 bits per heavy atom. The van der Waals surface area contributed by atoms with E-state index in [2.05, 4.69) is 22.3 Å². The predicted molar refractivity (Wildman–Crippen MR) is 154 cm³/mol. The SMILES string of the molecule is CCOC(=O)c1c(NC(=O)[C@H](C)OC(=O)c2cc(OC)c(OC)c(OC)c2)sc2c1CCN(Cc1ccccc1)C2. The lowest BCUT2D eigenvalue weighted by Gasteiger charge is -2.27. The van der Waals surface area contributed by atoms with Crippen molar-refractivity contribution in [3.8, 4) is 17.2 Å². The maximum Gasteiger partial charge on any atom is 0.341 e. The summed E-state index contributed by atoms with van der Waals surface area (Å²) in [5.74, 6) is -0.928. The summed E-state index contributed by atoms with van der Waals surface area (Å²) >= 11 is 1.34. The van der Waals surface area contributed by atoms with E-state index in [1.54, 1.807) is 6.92 Å². The van der Waals surface area contributed by atoms with Gasteiger partial charge in [0.2, 0.25) is 5.75 Å². The number of esters is 2. The second kappa shape index (κ2) is 13.5. The molecule has 2 heterocycles. The number of amides is 1. The Labute approximate surface area is 243 Å². The number of methoxy groups -OCH3 is 3. The Hall–Kier alpha value is -4.09. The van der Waals surface area contributed by atoms with E-state index in [1.807, 2.05) is 18.2 Å². The molecule has 0 unspecified atom stereocenters. The molecule has 10 nitrogen and oxygen atoms in total. The van der Waals surface area contributed by atoms with Crippen LogP contribution in [0, 0.1) is 0 Å². The summed E-state index contributed by atoms with van der Waals surface area (Å²) in [5.41, 5.74) is 2.57.